The minimum absolute atomic E-state index is 0.244. The van der Waals surface area contributed by atoms with Gasteiger partial charge in [-0.05, 0) is 32.0 Å². The predicted molar refractivity (Wildman–Crippen MR) is 77.5 cm³/mol. The SMILES string of the molecule is CCOC(=O)c1nc(Nc2ccc(Cl)cc2F)sc1C. The Morgan fingerprint density at radius 3 is 2.95 bits per heavy atom. The first-order valence-corrected chi connectivity index (χ1v) is 7.07. The van der Waals surface area contributed by atoms with E-state index in [1.807, 2.05) is 0 Å². The summed E-state index contributed by atoms with van der Waals surface area (Å²) in [6, 6.07) is 4.29. The van der Waals surface area contributed by atoms with Crippen LogP contribution in [0.1, 0.15) is 22.3 Å². The number of rotatable bonds is 4. The number of aryl methyl sites for hydroxylation is 1. The van der Waals surface area contributed by atoms with Gasteiger partial charge in [-0.2, -0.15) is 0 Å². The maximum absolute atomic E-state index is 13.7. The highest BCUT2D eigenvalue weighted by Crippen LogP contribution is 2.28. The minimum atomic E-state index is -0.483. The summed E-state index contributed by atoms with van der Waals surface area (Å²) in [6.45, 7) is 3.76. The van der Waals surface area contributed by atoms with Crippen LogP contribution < -0.4 is 5.32 Å². The summed E-state index contributed by atoms with van der Waals surface area (Å²) in [5, 5.41) is 3.56. The maximum Gasteiger partial charge on any atom is 0.358 e. The molecule has 106 valence electrons. The van der Waals surface area contributed by atoms with Gasteiger partial charge in [-0.25, -0.2) is 14.2 Å². The molecular weight excluding hydrogens is 303 g/mol. The summed E-state index contributed by atoms with van der Waals surface area (Å²) < 4.78 is 18.6. The van der Waals surface area contributed by atoms with Gasteiger partial charge in [0.2, 0.25) is 0 Å². The molecule has 0 spiro atoms. The highest BCUT2D eigenvalue weighted by molar-refractivity contribution is 7.15. The van der Waals surface area contributed by atoms with Crippen LogP contribution in [0.3, 0.4) is 0 Å². The number of carbonyl (C=O) groups excluding carboxylic acids is 1. The molecule has 7 heteroatoms. The highest BCUT2D eigenvalue weighted by atomic mass is 35.5. The van der Waals surface area contributed by atoms with Crippen LogP contribution in [-0.4, -0.2) is 17.6 Å². The molecule has 0 saturated heterocycles. The molecule has 0 unspecified atom stereocenters. The van der Waals surface area contributed by atoms with E-state index < -0.39 is 11.8 Å². The largest absolute Gasteiger partial charge is 0.461 e. The van der Waals surface area contributed by atoms with Crippen molar-refractivity contribution in [1.82, 2.24) is 4.98 Å². The molecule has 1 heterocycles. The summed E-state index contributed by atoms with van der Waals surface area (Å²) in [4.78, 5) is 16.5. The van der Waals surface area contributed by atoms with E-state index in [4.69, 9.17) is 16.3 Å². The van der Waals surface area contributed by atoms with Gasteiger partial charge in [0.1, 0.15) is 5.82 Å². The summed E-state index contributed by atoms with van der Waals surface area (Å²) >= 11 is 6.94. The Morgan fingerprint density at radius 2 is 2.30 bits per heavy atom. The van der Waals surface area contributed by atoms with Gasteiger partial charge in [0.05, 0.1) is 12.3 Å². The molecule has 1 aromatic heterocycles. The Kier molecular flexibility index (Phi) is 4.57. The Balaban J connectivity index is 2.22. The van der Waals surface area contributed by atoms with Crippen molar-refractivity contribution in [1.29, 1.82) is 0 Å². The molecule has 1 N–H and O–H groups in total. The first-order chi connectivity index (χ1) is 9.51. The zero-order chi connectivity index (χ0) is 14.7. The third-order valence-electron chi connectivity index (χ3n) is 2.44. The molecule has 0 amide bonds. The average Bonchev–Trinajstić information content (AvgIpc) is 2.74. The van der Waals surface area contributed by atoms with Crippen LogP contribution >= 0.6 is 22.9 Å². The van der Waals surface area contributed by atoms with E-state index in [2.05, 4.69) is 10.3 Å². The van der Waals surface area contributed by atoms with Crippen molar-refractivity contribution in [3.63, 3.8) is 0 Å². The fraction of sp³-hybridized carbons (Fsp3) is 0.231. The van der Waals surface area contributed by atoms with Crippen LogP contribution in [0.25, 0.3) is 0 Å². The van der Waals surface area contributed by atoms with E-state index in [9.17, 15) is 9.18 Å². The number of benzene rings is 1. The van der Waals surface area contributed by atoms with Gasteiger partial charge in [0.25, 0.3) is 0 Å². The number of hydrogen-bond acceptors (Lipinski definition) is 5. The van der Waals surface area contributed by atoms with E-state index in [1.165, 1.54) is 23.5 Å². The van der Waals surface area contributed by atoms with E-state index >= 15 is 0 Å². The average molecular weight is 315 g/mol. The van der Waals surface area contributed by atoms with Crippen molar-refractivity contribution in [2.45, 2.75) is 13.8 Å². The van der Waals surface area contributed by atoms with Gasteiger partial charge < -0.3 is 10.1 Å². The second-order valence-corrected chi connectivity index (χ2v) is 5.53. The van der Waals surface area contributed by atoms with Gasteiger partial charge in [0.15, 0.2) is 10.8 Å². The number of nitrogens with zero attached hydrogens (tertiary/aromatic N) is 1. The van der Waals surface area contributed by atoms with Crippen LogP contribution in [0, 0.1) is 12.7 Å². The molecule has 2 rings (SSSR count). The van der Waals surface area contributed by atoms with Crippen molar-refractivity contribution in [3.8, 4) is 0 Å². The van der Waals surface area contributed by atoms with Crippen molar-refractivity contribution in [3.05, 3.63) is 39.6 Å². The molecule has 0 radical (unpaired) electrons. The summed E-state index contributed by atoms with van der Waals surface area (Å²) in [5.74, 6) is -0.964. The van der Waals surface area contributed by atoms with Gasteiger partial charge in [-0.15, -0.1) is 11.3 Å². The molecule has 1 aromatic carbocycles. The lowest BCUT2D eigenvalue weighted by atomic mass is 10.3. The van der Waals surface area contributed by atoms with Gasteiger partial charge >= 0.3 is 5.97 Å². The molecule has 0 atom stereocenters. The molecular formula is C13H12ClFN2O2S. The molecule has 20 heavy (non-hydrogen) atoms. The van der Waals surface area contributed by atoms with Crippen molar-refractivity contribution < 1.29 is 13.9 Å². The number of anilines is 2. The number of thiazole rings is 1. The molecule has 0 bridgehead atoms. The molecule has 0 fully saturated rings. The van der Waals surface area contributed by atoms with Gasteiger partial charge in [-0.1, -0.05) is 11.6 Å². The zero-order valence-electron chi connectivity index (χ0n) is 10.9. The number of esters is 1. The normalized spacial score (nSPS) is 10.4. The summed E-state index contributed by atoms with van der Waals surface area (Å²) in [5.41, 5.74) is 0.493. The second kappa shape index (κ2) is 6.19. The van der Waals surface area contributed by atoms with E-state index in [0.717, 1.165) is 0 Å². The summed E-state index contributed by atoms with van der Waals surface area (Å²) in [6.07, 6.45) is 0. The van der Waals surface area contributed by atoms with Crippen LogP contribution in [0.5, 0.6) is 0 Å². The first-order valence-electron chi connectivity index (χ1n) is 5.88. The lowest BCUT2D eigenvalue weighted by Gasteiger charge is -2.04. The zero-order valence-corrected chi connectivity index (χ0v) is 12.4. The molecule has 4 nitrogen and oxygen atoms in total. The molecule has 2 aromatic rings. The lowest BCUT2D eigenvalue weighted by Crippen LogP contribution is -2.06. The monoisotopic (exact) mass is 314 g/mol. The Morgan fingerprint density at radius 1 is 1.55 bits per heavy atom. The van der Waals surface area contributed by atoms with Crippen molar-refractivity contribution in [2.24, 2.45) is 0 Å². The van der Waals surface area contributed by atoms with Crippen LogP contribution in [0.4, 0.5) is 15.2 Å². The van der Waals surface area contributed by atoms with Crippen LogP contribution in [0.15, 0.2) is 18.2 Å². The van der Waals surface area contributed by atoms with E-state index in [0.29, 0.717) is 15.0 Å². The third-order valence-corrected chi connectivity index (χ3v) is 3.56. The quantitative estimate of drug-likeness (QED) is 0.861. The van der Waals surface area contributed by atoms with Gasteiger partial charge in [-0.3, -0.25) is 0 Å². The number of nitrogens with one attached hydrogen (secondary N) is 1. The fourth-order valence-corrected chi connectivity index (χ4v) is 2.52. The number of aromatic nitrogens is 1. The van der Waals surface area contributed by atoms with E-state index in [1.54, 1.807) is 19.9 Å². The lowest BCUT2D eigenvalue weighted by molar-refractivity contribution is 0.0519. The first kappa shape index (κ1) is 14.7. The second-order valence-electron chi connectivity index (χ2n) is 3.89. The smallest absolute Gasteiger partial charge is 0.358 e. The van der Waals surface area contributed by atoms with Crippen molar-refractivity contribution >= 4 is 39.7 Å². The maximum atomic E-state index is 13.7. The van der Waals surface area contributed by atoms with Crippen LogP contribution in [-0.2, 0) is 4.74 Å². The fourth-order valence-electron chi connectivity index (χ4n) is 1.54. The number of carbonyl (C=O) groups is 1. The third kappa shape index (κ3) is 3.26. The Bertz CT molecular complexity index is 645. The minimum Gasteiger partial charge on any atom is -0.461 e. The number of ether oxygens (including phenoxy) is 1. The molecule has 0 saturated carbocycles. The number of halogens is 2. The van der Waals surface area contributed by atoms with Crippen LogP contribution in [0.2, 0.25) is 5.02 Å². The standard InChI is InChI=1S/C13H12ClFN2O2S/c1-3-19-12(18)11-7(2)20-13(17-11)16-10-5-4-8(14)6-9(10)15/h4-6H,3H2,1-2H3,(H,16,17). The van der Waals surface area contributed by atoms with Gasteiger partial charge in [0, 0.05) is 9.90 Å². The Hall–Kier alpha value is -1.66. The summed E-state index contributed by atoms with van der Waals surface area (Å²) in [7, 11) is 0. The van der Waals surface area contributed by atoms with Crippen molar-refractivity contribution in [2.75, 3.05) is 11.9 Å². The highest BCUT2D eigenvalue weighted by Gasteiger charge is 2.17. The molecule has 0 aliphatic rings. The Labute approximate surface area is 124 Å². The molecule has 0 aliphatic carbocycles. The number of hydrogen-bond donors (Lipinski definition) is 1. The molecule has 0 aliphatic heterocycles. The predicted octanol–water partition coefficient (Wildman–Crippen LogP) is 4.16. The topological polar surface area (TPSA) is 51.2 Å². The van der Waals surface area contributed by atoms with E-state index in [-0.39, 0.29) is 18.0 Å².